The smallest absolute Gasteiger partial charge is 0.469 e. The lowest BCUT2D eigenvalue weighted by molar-refractivity contribution is -0.143. The maximum atomic E-state index is 15.6. The number of nitrogens with zero attached hydrogens (tertiary/aromatic N) is 6. The second-order valence-electron chi connectivity index (χ2n) is 18.8. The first-order chi connectivity index (χ1) is 35.2. The predicted molar refractivity (Wildman–Crippen MR) is 249 cm³/mol. The summed E-state index contributed by atoms with van der Waals surface area (Å²) < 4.78 is 214. The normalized spacial score (nSPS) is 17.4. The van der Waals surface area contributed by atoms with Crippen LogP contribution in [0.25, 0.3) is 22.0 Å². The van der Waals surface area contributed by atoms with Crippen LogP contribution in [0.1, 0.15) is 72.6 Å². The lowest BCUT2D eigenvalue weighted by Crippen LogP contribution is -2.51. The number of carbonyl (C=O) groups is 3. The van der Waals surface area contributed by atoms with Gasteiger partial charge in [-0.25, -0.2) is 39.8 Å². The van der Waals surface area contributed by atoms with E-state index in [0.717, 1.165) is 36.6 Å². The number of hydrogen-bond acceptors (Lipinski definition) is 12. The maximum absolute atomic E-state index is 15.6. The molecule has 4 atom stereocenters. The summed E-state index contributed by atoms with van der Waals surface area (Å²) in [4.78, 5) is 62.9. The number of aryl methyl sites for hydroxylation is 1. The molecule has 34 heteroatoms. The van der Waals surface area contributed by atoms with E-state index in [1.807, 2.05) is 0 Å². The Kier molecular flexibility index (Phi) is 15.6. The quantitative estimate of drug-likeness (QED) is 0.0415. The summed E-state index contributed by atoms with van der Waals surface area (Å²) in [5.74, 6) is -13.7. The number of anilines is 1. The standard InChI is InChI=1S/C43H42ClF10N8O12PS2/c1-40(2,76(3,70)71)10-9-22-5-6-23(24-7-8-27(44)32-34(24)61(18-41(47,48)49)59-37(32)62(77(4,72)73)39(66)57-29(38(64)65)17-74-75(67,68)69)33(55-22)28(13-19-11-20(45)14-21(46)12-19)56-30(63)16-60-36-31(35(58-60)43(52,53)54)25-15-26(25)42(36,50)51/h5-8,11-12,14,25-26,28-29H,9-10,13,15-18H2,1-4H3,(H,56,63)(H,57,66)(H,64,65)(H2,67,68,69)/t25-,26?,28-,29-/m0/s1. The first kappa shape index (κ1) is 58.8. The molecule has 0 aliphatic heterocycles. The summed E-state index contributed by atoms with van der Waals surface area (Å²) in [6.07, 6.45) is -10.8. The van der Waals surface area contributed by atoms with Gasteiger partial charge < -0.3 is 25.5 Å². The fourth-order valence-corrected chi connectivity index (χ4v) is 10.6. The molecule has 0 spiro atoms. The van der Waals surface area contributed by atoms with Crippen molar-refractivity contribution in [1.29, 1.82) is 0 Å². The molecule has 7 rings (SSSR count). The third-order valence-corrected chi connectivity index (χ3v) is 16.7. The van der Waals surface area contributed by atoms with Gasteiger partial charge in [-0.05, 0) is 75.3 Å². The lowest BCUT2D eigenvalue weighted by Gasteiger charge is -2.25. The molecule has 5 N–H and O–H groups in total. The number of amides is 3. The van der Waals surface area contributed by atoms with Crippen molar-refractivity contribution in [1.82, 2.24) is 35.2 Å². The number of phosphoric acid groups is 1. The summed E-state index contributed by atoms with van der Waals surface area (Å²) in [6.45, 7) is -2.26. The van der Waals surface area contributed by atoms with Gasteiger partial charge in [0.05, 0.1) is 45.3 Å². The van der Waals surface area contributed by atoms with E-state index in [4.69, 9.17) is 21.4 Å². The number of hydrogen-bond donors (Lipinski definition) is 5. The second kappa shape index (κ2) is 20.4. The molecule has 77 heavy (non-hydrogen) atoms. The van der Waals surface area contributed by atoms with Crippen molar-refractivity contribution in [2.75, 3.05) is 23.4 Å². The summed E-state index contributed by atoms with van der Waals surface area (Å²) in [6, 6.07) is 0.0307. The van der Waals surface area contributed by atoms with Crippen LogP contribution < -0.4 is 14.9 Å². The predicted octanol–water partition coefficient (Wildman–Crippen LogP) is 6.91. The van der Waals surface area contributed by atoms with Crippen LogP contribution in [0, 0.1) is 17.6 Å². The van der Waals surface area contributed by atoms with Crippen molar-refractivity contribution >= 4 is 73.9 Å². The Labute approximate surface area is 433 Å². The van der Waals surface area contributed by atoms with E-state index in [9.17, 15) is 76.0 Å². The number of phosphoric ester groups is 1. The number of alkyl halides is 8. The van der Waals surface area contributed by atoms with Crippen molar-refractivity contribution in [2.24, 2.45) is 5.92 Å². The van der Waals surface area contributed by atoms with Gasteiger partial charge in [-0.15, -0.1) is 0 Å². The lowest BCUT2D eigenvalue weighted by atomic mass is 9.93. The average Bonchev–Trinajstić information content (AvgIpc) is 3.78. The molecule has 3 aromatic heterocycles. The molecular formula is C43H42ClF10N8O12PS2. The highest BCUT2D eigenvalue weighted by molar-refractivity contribution is 7.93. The van der Waals surface area contributed by atoms with Gasteiger partial charge in [0.2, 0.25) is 15.9 Å². The zero-order valence-corrected chi connectivity index (χ0v) is 43.2. The van der Waals surface area contributed by atoms with Gasteiger partial charge in [-0.1, -0.05) is 23.7 Å². The number of halogens is 11. The molecule has 0 saturated heterocycles. The minimum absolute atomic E-state index is 0.0333. The Morgan fingerprint density at radius 1 is 0.948 bits per heavy atom. The monoisotopic (exact) mass is 1180 g/mol. The van der Waals surface area contributed by atoms with Crippen LogP contribution in [-0.2, 0) is 76.6 Å². The van der Waals surface area contributed by atoms with Gasteiger partial charge in [0.15, 0.2) is 27.4 Å². The topological polar surface area (TPSA) is 282 Å². The van der Waals surface area contributed by atoms with Crippen LogP contribution in [0.2, 0.25) is 5.02 Å². The highest BCUT2D eigenvalue weighted by Gasteiger charge is 2.68. The Hall–Kier alpha value is -5.92. The Balaban J connectivity index is 1.46. The van der Waals surface area contributed by atoms with Crippen molar-refractivity contribution in [2.45, 2.75) is 93.6 Å². The van der Waals surface area contributed by atoms with Crippen molar-refractivity contribution in [3.63, 3.8) is 0 Å². The molecule has 2 aliphatic carbocycles. The number of nitrogens with one attached hydrogen (secondary N) is 2. The number of aromatic nitrogens is 5. The van der Waals surface area contributed by atoms with Crippen molar-refractivity contribution in [3.05, 3.63) is 93.0 Å². The summed E-state index contributed by atoms with van der Waals surface area (Å²) >= 11 is 6.58. The van der Waals surface area contributed by atoms with Crippen molar-refractivity contribution < 1.29 is 99.1 Å². The highest BCUT2D eigenvalue weighted by atomic mass is 35.5. The number of fused-ring (bicyclic) bond motifs is 4. The first-order valence-corrected chi connectivity index (χ1v) is 27.8. The van der Waals surface area contributed by atoms with E-state index in [0.29, 0.717) is 12.3 Å². The van der Waals surface area contributed by atoms with Gasteiger partial charge >= 0.3 is 32.2 Å². The summed E-state index contributed by atoms with van der Waals surface area (Å²) in [7, 11) is -14.4. The number of carbonyl (C=O) groups excluding carboxylic acids is 2. The number of aliphatic carboxylic acids is 1. The molecule has 0 bridgehead atoms. The molecule has 1 saturated carbocycles. The zero-order chi connectivity index (χ0) is 57.5. The molecule has 20 nitrogen and oxygen atoms in total. The van der Waals surface area contributed by atoms with Gasteiger partial charge in [-0.2, -0.15) is 49.6 Å². The van der Waals surface area contributed by atoms with Crippen LogP contribution in [0.3, 0.4) is 0 Å². The molecular weight excluding hydrogens is 1140 g/mol. The number of sulfonamides is 1. The van der Waals surface area contributed by atoms with Gasteiger partial charge in [0.1, 0.15) is 30.4 Å². The van der Waals surface area contributed by atoms with E-state index in [1.165, 1.54) is 19.9 Å². The van der Waals surface area contributed by atoms with Crippen LogP contribution in [0.4, 0.5) is 54.5 Å². The molecule has 2 aromatic carbocycles. The Bertz CT molecular complexity index is 3480. The zero-order valence-electron chi connectivity index (χ0n) is 39.9. The molecule has 5 aromatic rings. The molecule has 1 unspecified atom stereocenters. The largest absolute Gasteiger partial charge is 0.480 e. The SMILES string of the molecule is CC(C)(CCc1ccc(-c2ccc(Cl)c3c(N(C(=O)N[C@@H](COP(=O)(O)O)C(=O)O)S(C)(=O)=O)nn(CC(F)(F)F)c23)c([C@H](Cc2cc(F)cc(F)c2)NC(=O)Cn2nc(C(F)(F)F)c3c2C(F)(F)C2C[C@H]32)n1)S(C)(=O)=O. The first-order valence-electron chi connectivity index (χ1n) is 22.2. The number of urea groups is 1. The fourth-order valence-electron chi connectivity index (χ4n) is 8.78. The molecule has 2 aliphatic rings. The molecule has 420 valence electrons. The van der Waals surface area contributed by atoms with Gasteiger partial charge in [0, 0.05) is 40.6 Å². The van der Waals surface area contributed by atoms with Gasteiger partial charge in [-0.3, -0.25) is 23.7 Å². The number of benzene rings is 2. The minimum Gasteiger partial charge on any atom is -0.480 e. The number of rotatable bonds is 19. The average molecular weight is 1180 g/mol. The summed E-state index contributed by atoms with van der Waals surface area (Å²) in [5, 5.41) is 19.4. The van der Waals surface area contributed by atoms with Crippen LogP contribution in [0.15, 0.2) is 42.5 Å². The third-order valence-electron chi connectivity index (χ3n) is 12.6. The maximum Gasteiger partial charge on any atom is 0.469 e. The molecule has 0 radical (unpaired) electrons. The minimum atomic E-state index is -5.44. The van der Waals surface area contributed by atoms with E-state index in [2.05, 4.69) is 25.0 Å². The van der Waals surface area contributed by atoms with Crippen LogP contribution in [0.5, 0.6) is 0 Å². The number of carboxylic acid groups (broad SMARTS) is 1. The number of pyridine rings is 1. The summed E-state index contributed by atoms with van der Waals surface area (Å²) in [5.41, 5.74) is -6.14. The Morgan fingerprint density at radius 3 is 2.13 bits per heavy atom. The second-order valence-corrected chi connectivity index (χ2v) is 24.9. The van der Waals surface area contributed by atoms with Gasteiger partial charge in [0.25, 0.3) is 5.92 Å². The highest BCUT2D eigenvalue weighted by Crippen LogP contribution is 2.68. The number of carboxylic acids is 1. The van der Waals surface area contributed by atoms with E-state index in [1.54, 1.807) is 5.32 Å². The van der Waals surface area contributed by atoms with E-state index in [-0.39, 0.29) is 49.8 Å². The number of sulfone groups is 1. The van der Waals surface area contributed by atoms with Crippen molar-refractivity contribution in [3.8, 4) is 11.1 Å². The Morgan fingerprint density at radius 2 is 1.57 bits per heavy atom. The van der Waals surface area contributed by atoms with E-state index >= 15 is 8.78 Å². The fraction of sp³-hybridized carbons (Fsp3) is 0.442. The molecule has 3 amide bonds. The van der Waals surface area contributed by atoms with E-state index < -0.39 is 180 Å². The molecule has 1 fully saturated rings. The molecule has 3 heterocycles. The van der Waals surface area contributed by atoms with Crippen LogP contribution in [-0.4, -0.2) is 110 Å². The van der Waals surface area contributed by atoms with Crippen LogP contribution >= 0.6 is 19.4 Å². The third kappa shape index (κ3) is 12.7.